The molecule has 0 saturated carbocycles. The smallest absolute Gasteiger partial charge is 0.190 e. The quantitative estimate of drug-likeness (QED) is 0.551. The Morgan fingerprint density at radius 1 is 1.24 bits per heavy atom. The van der Waals surface area contributed by atoms with Gasteiger partial charge in [-0.05, 0) is 12.8 Å². The summed E-state index contributed by atoms with van der Waals surface area (Å²) in [6.45, 7) is 2.14. The Labute approximate surface area is 104 Å². The Morgan fingerprint density at radius 2 is 1.88 bits per heavy atom. The van der Waals surface area contributed by atoms with E-state index in [9.17, 15) is 4.79 Å². The fourth-order valence-corrected chi connectivity index (χ4v) is 1.69. The maximum Gasteiger partial charge on any atom is 0.190 e. The maximum absolute atomic E-state index is 12.3. The average Bonchev–Trinajstić information content (AvgIpc) is 2.34. The molecule has 0 bridgehead atoms. The zero-order chi connectivity index (χ0) is 12.7. The highest BCUT2D eigenvalue weighted by atomic mass is 16.1. The molecule has 0 spiro atoms. The molecule has 2 nitrogen and oxygen atoms in total. The average molecular weight is 231 g/mol. The van der Waals surface area contributed by atoms with Crippen molar-refractivity contribution >= 4 is 5.78 Å². The molecule has 0 atom stereocenters. The van der Waals surface area contributed by atoms with Crippen molar-refractivity contribution in [3.05, 3.63) is 47.7 Å². The highest BCUT2D eigenvalue weighted by Gasteiger charge is 2.11. The third-order valence-corrected chi connectivity index (χ3v) is 2.54. The first kappa shape index (κ1) is 13.5. The van der Waals surface area contributed by atoms with Gasteiger partial charge in [-0.3, -0.25) is 4.79 Å². The van der Waals surface area contributed by atoms with Crippen LogP contribution in [-0.4, -0.2) is 24.8 Å². The fourth-order valence-electron chi connectivity index (χ4n) is 1.69. The van der Waals surface area contributed by atoms with Gasteiger partial charge in [0, 0.05) is 31.4 Å². The Balaban J connectivity index is 2.87. The largest absolute Gasteiger partial charge is 0.383 e. The Kier molecular flexibility index (Phi) is 5.47. The van der Waals surface area contributed by atoms with Gasteiger partial charge >= 0.3 is 0 Å². The molecule has 0 aliphatic rings. The van der Waals surface area contributed by atoms with E-state index in [-0.39, 0.29) is 5.78 Å². The highest BCUT2D eigenvalue weighted by Crippen LogP contribution is 2.15. The van der Waals surface area contributed by atoms with Crippen LogP contribution in [-0.2, 0) is 0 Å². The molecule has 0 aliphatic heterocycles. The van der Waals surface area contributed by atoms with Gasteiger partial charge in [0.15, 0.2) is 5.78 Å². The lowest BCUT2D eigenvalue weighted by atomic mass is 9.99. The standard InChI is InChI=1S/C15H21NO/c1-4-5-9-14(12-16(2)3)15(17)13-10-7-6-8-11-13/h6-8,10-12H,4-5,9H2,1-3H3. The number of ketones is 1. The lowest BCUT2D eigenvalue weighted by molar-refractivity contribution is 0.102. The zero-order valence-electron chi connectivity index (χ0n) is 10.9. The molecule has 0 N–H and O–H groups in total. The van der Waals surface area contributed by atoms with Crippen LogP contribution in [0.25, 0.3) is 0 Å². The van der Waals surface area contributed by atoms with E-state index in [1.807, 2.05) is 55.5 Å². The molecule has 0 saturated heterocycles. The van der Waals surface area contributed by atoms with Crippen LogP contribution in [0, 0.1) is 0 Å². The van der Waals surface area contributed by atoms with Gasteiger partial charge in [-0.15, -0.1) is 0 Å². The molecule has 1 aromatic carbocycles. The Bertz CT molecular complexity index is 379. The second kappa shape index (κ2) is 6.89. The first-order chi connectivity index (χ1) is 8.15. The molecule has 0 fully saturated rings. The van der Waals surface area contributed by atoms with E-state index >= 15 is 0 Å². The maximum atomic E-state index is 12.3. The molecule has 1 aromatic rings. The van der Waals surface area contributed by atoms with E-state index in [2.05, 4.69) is 6.92 Å². The van der Waals surface area contributed by atoms with E-state index < -0.39 is 0 Å². The van der Waals surface area contributed by atoms with Crippen LogP contribution in [0.4, 0.5) is 0 Å². The molecule has 0 heterocycles. The predicted octanol–water partition coefficient (Wildman–Crippen LogP) is 3.51. The summed E-state index contributed by atoms with van der Waals surface area (Å²) in [4.78, 5) is 14.2. The summed E-state index contributed by atoms with van der Waals surface area (Å²) in [5.74, 6) is 0.146. The number of hydrogen-bond acceptors (Lipinski definition) is 2. The summed E-state index contributed by atoms with van der Waals surface area (Å²) in [5.41, 5.74) is 1.67. The predicted molar refractivity (Wildman–Crippen MR) is 72.1 cm³/mol. The lowest BCUT2D eigenvalue weighted by Gasteiger charge is -2.11. The third-order valence-electron chi connectivity index (χ3n) is 2.54. The Morgan fingerprint density at radius 3 is 2.41 bits per heavy atom. The van der Waals surface area contributed by atoms with Gasteiger partial charge in [-0.2, -0.15) is 0 Å². The summed E-state index contributed by atoms with van der Waals surface area (Å²) in [6.07, 6.45) is 4.94. The summed E-state index contributed by atoms with van der Waals surface area (Å²) < 4.78 is 0. The van der Waals surface area contributed by atoms with Crippen molar-refractivity contribution in [3.8, 4) is 0 Å². The van der Waals surface area contributed by atoms with Crippen LogP contribution in [0.2, 0.25) is 0 Å². The zero-order valence-corrected chi connectivity index (χ0v) is 10.9. The number of carbonyl (C=O) groups excluding carboxylic acids is 1. The molecule has 0 radical (unpaired) electrons. The van der Waals surface area contributed by atoms with Gasteiger partial charge in [-0.1, -0.05) is 43.7 Å². The van der Waals surface area contributed by atoms with Crippen molar-refractivity contribution in [1.29, 1.82) is 0 Å². The number of nitrogens with zero attached hydrogens (tertiary/aromatic N) is 1. The van der Waals surface area contributed by atoms with E-state index in [1.54, 1.807) is 0 Å². The normalized spacial score (nSPS) is 11.4. The molecule has 0 unspecified atom stereocenters. The minimum Gasteiger partial charge on any atom is -0.383 e. The summed E-state index contributed by atoms with van der Waals surface area (Å²) in [6, 6.07) is 9.48. The van der Waals surface area contributed by atoms with Crippen LogP contribution < -0.4 is 0 Å². The topological polar surface area (TPSA) is 20.3 Å². The van der Waals surface area contributed by atoms with Crippen LogP contribution in [0.1, 0.15) is 36.5 Å². The van der Waals surface area contributed by atoms with E-state index in [1.165, 1.54) is 0 Å². The van der Waals surface area contributed by atoms with Crippen LogP contribution in [0.3, 0.4) is 0 Å². The molecule has 2 heteroatoms. The van der Waals surface area contributed by atoms with Gasteiger partial charge in [0.25, 0.3) is 0 Å². The van der Waals surface area contributed by atoms with Crippen molar-refractivity contribution in [2.75, 3.05) is 14.1 Å². The molecule has 1 rings (SSSR count). The van der Waals surface area contributed by atoms with Crippen molar-refractivity contribution < 1.29 is 4.79 Å². The number of carbonyl (C=O) groups is 1. The molecule has 0 aromatic heterocycles. The highest BCUT2D eigenvalue weighted by molar-refractivity contribution is 6.08. The molecule has 0 amide bonds. The minimum absolute atomic E-state index is 0.146. The summed E-state index contributed by atoms with van der Waals surface area (Å²) in [5, 5.41) is 0. The van der Waals surface area contributed by atoms with E-state index in [0.717, 1.165) is 30.4 Å². The first-order valence-corrected chi connectivity index (χ1v) is 6.12. The second-order valence-corrected chi connectivity index (χ2v) is 4.42. The van der Waals surface area contributed by atoms with Crippen molar-refractivity contribution in [1.82, 2.24) is 4.90 Å². The number of unbranched alkanes of at least 4 members (excludes halogenated alkanes) is 1. The van der Waals surface area contributed by atoms with E-state index in [0.29, 0.717) is 0 Å². The number of allylic oxidation sites excluding steroid dienone is 1. The van der Waals surface area contributed by atoms with Gasteiger partial charge < -0.3 is 4.90 Å². The summed E-state index contributed by atoms with van der Waals surface area (Å²) in [7, 11) is 3.90. The molecule has 0 aliphatic carbocycles. The number of Topliss-reactive ketones (excluding diaryl/α,β-unsaturated/α-hetero) is 1. The van der Waals surface area contributed by atoms with Crippen LogP contribution >= 0.6 is 0 Å². The summed E-state index contributed by atoms with van der Waals surface area (Å²) >= 11 is 0. The molecular weight excluding hydrogens is 210 g/mol. The van der Waals surface area contributed by atoms with Crippen molar-refractivity contribution in [2.24, 2.45) is 0 Å². The van der Waals surface area contributed by atoms with Gasteiger partial charge in [0.05, 0.1) is 0 Å². The lowest BCUT2D eigenvalue weighted by Crippen LogP contribution is -2.10. The first-order valence-electron chi connectivity index (χ1n) is 6.12. The number of rotatable bonds is 6. The van der Waals surface area contributed by atoms with Crippen molar-refractivity contribution in [3.63, 3.8) is 0 Å². The van der Waals surface area contributed by atoms with Gasteiger partial charge in [0.2, 0.25) is 0 Å². The number of benzene rings is 1. The molecule has 17 heavy (non-hydrogen) atoms. The number of hydrogen-bond donors (Lipinski definition) is 0. The van der Waals surface area contributed by atoms with E-state index in [4.69, 9.17) is 0 Å². The molecular formula is C15H21NO. The molecule has 92 valence electrons. The third kappa shape index (κ3) is 4.43. The minimum atomic E-state index is 0.146. The fraction of sp³-hybridized carbons (Fsp3) is 0.400. The van der Waals surface area contributed by atoms with Crippen molar-refractivity contribution in [2.45, 2.75) is 26.2 Å². The Hall–Kier alpha value is -1.57. The van der Waals surface area contributed by atoms with Gasteiger partial charge in [-0.25, -0.2) is 0 Å². The van der Waals surface area contributed by atoms with Crippen LogP contribution in [0.5, 0.6) is 0 Å². The SMILES string of the molecule is CCCCC(=CN(C)C)C(=O)c1ccccc1. The van der Waals surface area contributed by atoms with Crippen LogP contribution in [0.15, 0.2) is 42.1 Å². The van der Waals surface area contributed by atoms with Gasteiger partial charge in [0.1, 0.15) is 0 Å². The monoisotopic (exact) mass is 231 g/mol. The second-order valence-electron chi connectivity index (χ2n) is 4.42.